The molecule has 0 saturated carbocycles. The number of amidine groups is 1. The van der Waals surface area contributed by atoms with Crippen LogP contribution >= 0.6 is 43.5 Å². The van der Waals surface area contributed by atoms with E-state index in [-0.39, 0.29) is 16.6 Å². The minimum absolute atomic E-state index is 0.0277. The molecule has 0 aliphatic rings. The van der Waals surface area contributed by atoms with Crippen LogP contribution in [0.3, 0.4) is 0 Å². The maximum atomic E-state index is 13.5. The van der Waals surface area contributed by atoms with Gasteiger partial charge >= 0.3 is 0 Å². The maximum Gasteiger partial charge on any atom is 0.173 e. The molecule has 8 heteroatoms. The second-order valence-electron chi connectivity index (χ2n) is 3.92. The average molecular weight is 438 g/mol. The Bertz CT molecular complexity index is 726. The summed E-state index contributed by atoms with van der Waals surface area (Å²) in [5.41, 5.74) is 5.95. The van der Waals surface area contributed by atoms with E-state index in [0.717, 1.165) is 10.5 Å². The molecule has 2 aromatic rings. The van der Waals surface area contributed by atoms with Gasteiger partial charge in [0.25, 0.3) is 0 Å². The minimum atomic E-state index is -0.616. The first-order valence-electron chi connectivity index (χ1n) is 5.52. The van der Waals surface area contributed by atoms with Crippen molar-refractivity contribution in [3.8, 4) is 11.5 Å². The first kappa shape index (κ1) is 16.1. The Morgan fingerprint density at radius 3 is 2.62 bits per heavy atom. The van der Waals surface area contributed by atoms with Gasteiger partial charge in [0.2, 0.25) is 0 Å². The van der Waals surface area contributed by atoms with Gasteiger partial charge < -0.3 is 15.7 Å². The molecule has 0 unspecified atom stereocenters. The molecule has 21 heavy (non-hydrogen) atoms. The zero-order valence-electron chi connectivity index (χ0n) is 10.3. The average Bonchev–Trinajstić information content (AvgIpc) is 2.44. The standard InChI is InChI=1S/C13H8Br2ClFN2O2/c14-6-1-2-7(13(18)19-20)11(3-6)21-12-5-10(17)9(16)4-8(12)15/h1-5,20H,(H2,18,19). The maximum absolute atomic E-state index is 13.5. The summed E-state index contributed by atoms with van der Waals surface area (Å²) in [6, 6.07) is 7.45. The lowest BCUT2D eigenvalue weighted by atomic mass is 10.2. The minimum Gasteiger partial charge on any atom is -0.455 e. The summed E-state index contributed by atoms with van der Waals surface area (Å²) in [5.74, 6) is -0.234. The van der Waals surface area contributed by atoms with E-state index in [1.807, 2.05) is 0 Å². The Morgan fingerprint density at radius 2 is 1.95 bits per heavy atom. The molecule has 2 rings (SSSR count). The first-order chi connectivity index (χ1) is 9.92. The fraction of sp³-hybridized carbons (Fsp3) is 0. The van der Waals surface area contributed by atoms with Gasteiger partial charge in [0.15, 0.2) is 5.84 Å². The van der Waals surface area contributed by atoms with Gasteiger partial charge in [-0.05, 0) is 40.2 Å². The Labute approximate surface area is 141 Å². The fourth-order valence-corrected chi connectivity index (χ4v) is 2.61. The number of rotatable bonds is 3. The molecule has 4 nitrogen and oxygen atoms in total. The van der Waals surface area contributed by atoms with E-state index in [0.29, 0.717) is 15.8 Å². The predicted molar refractivity (Wildman–Crippen MR) is 85.8 cm³/mol. The normalized spacial score (nSPS) is 11.5. The second-order valence-corrected chi connectivity index (χ2v) is 6.10. The Kier molecular flexibility index (Phi) is 5.08. The van der Waals surface area contributed by atoms with Crippen molar-refractivity contribution in [3.05, 3.63) is 55.7 Å². The molecule has 0 heterocycles. The lowest BCUT2D eigenvalue weighted by molar-refractivity contribution is 0.318. The summed E-state index contributed by atoms with van der Waals surface area (Å²) >= 11 is 12.2. The van der Waals surface area contributed by atoms with Gasteiger partial charge in [-0.3, -0.25) is 0 Å². The molecular weight excluding hydrogens is 430 g/mol. The van der Waals surface area contributed by atoms with Gasteiger partial charge in [0.1, 0.15) is 17.3 Å². The van der Waals surface area contributed by atoms with Crippen LogP contribution in [0.5, 0.6) is 11.5 Å². The summed E-state index contributed by atoms with van der Waals surface area (Å²) in [5, 5.41) is 11.7. The molecule has 0 fully saturated rings. The molecule has 0 atom stereocenters. The smallest absolute Gasteiger partial charge is 0.173 e. The largest absolute Gasteiger partial charge is 0.455 e. The van der Waals surface area contributed by atoms with E-state index in [1.165, 1.54) is 6.07 Å². The number of benzene rings is 2. The number of hydrogen-bond donors (Lipinski definition) is 2. The third kappa shape index (κ3) is 3.66. The van der Waals surface area contributed by atoms with E-state index in [1.54, 1.807) is 18.2 Å². The van der Waals surface area contributed by atoms with Crippen LogP contribution in [0, 0.1) is 5.82 Å². The lowest BCUT2D eigenvalue weighted by Crippen LogP contribution is -2.14. The van der Waals surface area contributed by atoms with Crippen molar-refractivity contribution < 1.29 is 14.3 Å². The van der Waals surface area contributed by atoms with Crippen LogP contribution in [0.1, 0.15) is 5.56 Å². The third-order valence-electron chi connectivity index (χ3n) is 2.52. The highest BCUT2D eigenvalue weighted by Crippen LogP contribution is 2.35. The van der Waals surface area contributed by atoms with Crippen molar-refractivity contribution in [2.24, 2.45) is 10.9 Å². The number of halogens is 4. The molecule has 2 aromatic carbocycles. The van der Waals surface area contributed by atoms with Gasteiger partial charge in [-0.1, -0.05) is 32.7 Å². The van der Waals surface area contributed by atoms with Crippen LogP contribution in [-0.2, 0) is 0 Å². The zero-order chi connectivity index (χ0) is 15.6. The molecule has 0 aliphatic heterocycles. The molecule has 0 bridgehead atoms. The lowest BCUT2D eigenvalue weighted by Gasteiger charge is -2.12. The van der Waals surface area contributed by atoms with Crippen LogP contribution in [0.25, 0.3) is 0 Å². The summed E-state index contributed by atoms with van der Waals surface area (Å²) in [4.78, 5) is 0. The predicted octanol–water partition coefficient (Wildman–Crippen LogP) is 4.89. The number of hydrogen-bond acceptors (Lipinski definition) is 3. The van der Waals surface area contributed by atoms with Crippen molar-refractivity contribution in [1.29, 1.82) is 0 Å². The molecular formula is C13H8Br2ClFN2O2. The van der Waals surface area contributed by atoms with E-state index < -0.39 is 5.82 Å². The van der Waals surface area contributed by atoms with Crippen LogP contribution in [-0.4, -0.2) is 11.0 Å². The molecule has 0 radical (unpaired) electrons. The van der Waals surface area contributed by atoms with Crippen LogP contribution in [0.15, 0.2) is 44.4 Å². The van der Waals surface area contributed by atoms with E-state index in [2.05, 4.69) is 37.0 Å². The summed E-state index contributed by atoms with van der Waals surface area (Å²) in [6.45, 7) is 0. The molecule has 0 aromatic heterocycles. The quantitative estimate of drug-likeness (QED) is 0.236. The second kappa shape index (κ2) is 6.64. The van der Waals surface area contributed by atoms with Gasteiger partial charge in [0, 0.05) is 10.5 Å². The highest BCUT2D eigenvalue weighted by atomic mass is 79.9. The van der Waals surface area contributed by atoms with Gasteiger partial charge in [-0.2, -0.15) is 0 Å². The molecule has 110 valence electrons. The Balaban J connectivity index is 2.49. The van der Waals surface area contributed by atoms with Crippen LogP contribution in [0.2, 0.25) is 5.02 Å². The summed E-state index contributed by atoms with van der Waals surface area (Å²) in [7, 11) is 0. The first-order valence-corrected chi connectivity index (χ1v) is 7.48. The van der Waals surface area contributed by atoms with Crippen molar-refractivity contribution in [3.63, 3.8) is 0 Å². The van der Waals surface area contributed by atoms with Crippen LogP contribution in [0.4, 0.5) is 4.39 Å². The molecule has 0 amide bonds. The van der Waals surface area contributed by atoms with Crippen molar-refractivity contribution in [2.75, 3.05) is 0 Å². The molecule has 0 spiro atoms. The van der Waals surface area contributed by atoms with Gasteiger partial charge in [-0.15, -0.1) is 0 Å². The van der Waals surface area contributed by atoms with Crippen molar-refractivity contribution in [1.82, 2.24) is 0 Å². The highest BCUT2D eigenvalue weighted by molar-refractivity contribution is 9.10. The van der Waals surface area contributed by atoms with E-state index in [9.17, 15) is 4.39 Å². The topological polar surface area (TPSA) is 67.8 Å². The molecule has 0 saturated heterocycles. The monoisotopic (exact) mass is 436 g/mol. The Hall–Kier alpha value is -1.31. The molecule has 0 aliphatic carbocycles. The van der Waals surface area contributed by atoms with Gasteiger partial charge in [-0.25, -0.2) is 4.39 Å². The number of ether oxygens (including phenoxy) is 1. The highest BCUT2D eigenvalue weighted by Gasteiger charge is 2.14. The van der Waals surface area contributed by atoms with E-state index >= 15 is 0 Å². The third-order valence-corrected chi connectivity index (χ3v) is 3.92. The molecule has 3 N–H and O–H groups in total. The van der Waals surface area contributed by atoms with Crippen molar-refractivity contribution in [2.45, 2.75) is 0 Å². The van der Waals surface area contributed by atoms with Gasteiger partial charge in [0.05, 0.1) is 15.1 Å². The fourth-order valence-electron chi connectivity index (χ4n) is 1.55. The number of oxime groups is 1. The van der Waals surface area contributed by atoms with Crippen LogP contribution < -0.4 is 10.5 Å². The summed E-state index contributed by atoms with van der Waals surface area (Å²) < 4.78 is 20.4. The zero-order valence-corrected chi connectivity index (χ0v) is 14.2. The SMILES string of the molecule is N/C(=N/O)c1ccc(Br)cc1Oc1cc(F)c(Cl)cc1Br. The summed E-state index contributed by atoms with van der Waals surface area (Å²) in [6.07, 6.45) is 0. The Morgan fingerprint density at radius 1 is 1.24 bits per heavy atom. The number of nitrogens with zero attached hydrogens (tertiary/aromatic N) is 1. The van der Waals surface area contributed by atoms with E-state index in [4.69, 9.17) is 27.3 Å². The number of nitrogens with two attached hydrogens (primary N) is 1. The van der Waals surface area contributed by atoms with Crippen molar-refractivity contribution >= 4 is 49.3 Å².